The number of carbonyl (C=O) groups excluding carboxylic acids is 4. The Morgan fingerprint density at radius 3 is 2.38 bits per heavy atom. The normalized spacial score (nSPS) is 20.9. The molecule has 4 unspecified atom stereocenters. The lowest BCUT2D eigenvalue weighted by atomic mass is 9.72. The van der Waals surface area contributed by atoms with Crippen molar-refractivity contribution in [3.8, 4) is 11.5 Å². The number of hydrogen-bond donors (Lipinski definition) is 0. The van der Waals surface area contributed by atoms with Crippen molar-refractivity contribution in [1.82, 2.24) is 0 Å². The fourth-order valence-electron chi connectivity index (χ4n) is 7.39. The SMILES string of the molecule is COC(=O)c1c(N2C(=O)C3ON(c4cccc([N+](=O)[O-])c4)C(c4ccc(OC(=O)c5ccccc5)c(OC)c4)C3C2=O)sc2c1CCC(C(C)(C)C)C2. The predicted octanol–water partition coefficient (Wildman–Crippen LogP) is 6.87. The van der Waals surface area contributed by atoms with Gasteiger partial charge in [-0.1, -0.05) is 51.1 Å². The first-order chi connectivity index (χ1) is 25.3. The third kappa shape index (κ3) is 6.31. The van der Waals surface area contributed by atoms with Gasteiger partial charge in [-0.05, 0) is 72.1 Å². The molecule has 0 saturated carbocycles. The van der Waals surface area contributed by atoms with Crippen molar-refractivity contribution >= 4 is 51.5 Å². The van der Waals surface area contributed by atoms with E-state index in [0.717, 1.165) is 21.8 Å². The van der Waals surface area contributed by atoms with E-state index in [1.807, 2.05) is 0 Å². The molecule has 4 aromatic rings. The molecule has 1 aliphatic carbocycles. The molecule has 3 heterocycles. The molecule has 274 valence electrons. The van der Waals surface area contributed by atoms with Crippen molar-refractivity contribution in [2.45, 2.75) is 52.2 Å². The average Bonchev–Trinajstić information content (AvgIpc) is 3.80. The maximum Gasteiger partial charge on any atom is 0.343 e. The first-order valence-electron chi connectivity index (χ1n) is 17.1. The highest BCUT2D eigenvalue weighted by Gasteiger charge is 2.61. The standard InChI is InChI=1S/C39H37N3O10S/c1-39(2,3)23-15-16-26-29(19-23)53-36(30(26)38(46)50-5)40-34(43)31-32(41(52-33(31)35(40)44)24-12-9-13-25(20-24)42(47)48)22-14-17-27(28(18-22)49-4)51-37(45)21-10-7-6-8-11-21/h6-14,17-18,20,23,31-33H,15-16,19H2,1-5H3. The molecule has 13 nitrogen and oxygen atoms in total. The number of methoxy groups -OCH3 is 2. The monoisotopic (exact) mass is 739 g/mol. The summed E-state index contributed by atoms with van der Waals surface area (Å²) < 4.78 is 16.5. The predicted molar refractivity (Wildman–Crippen MR) is 194 cm³/mol. The summed E-state index contributed by atoms with van der Waals surface area (Å²) in [4.78, 5) is 74.8. The van der Waals surface area contributed by atoms with E-state index in [9.17, 15) is 29.3 Å². The Morgan fingerprint density at radius 2 is 1.70 bits per heavy atom. The number of hydroxylamine groups is 1. The Balaban J connectivity index is 1.30. The van der Waals surface area contributed by atoms with E-state index in [2.05, 4.69) is 20.8 Å². The van der Waals surface area contributed by atoms with Gasteiger partial charge in [0.25, 0.3) is 11.6 Å². The van der Waals surface area contributed by atoms with E-state index < -0.39 is 46.7 Å². The number of nitrogens with zero attached hydrogens (tertiary/aromatic N) is 3. The number of ether oxygens (including phenoxy) is 3. The molecule has 53 heavy (non-hydrogen) atoms. The third-order valence-corrected chi connectivity index (χ3v) is 11.5. The van der Waals surface area contributed by atoms with Crippen LogP contribution >= 0.6 is 11.3 Å². The van der Waals surface area contributed by atoms with E-state index in [1.165, 1.54) is 54.9 Å². The Labute approximate surface area is 309 Å². The maximum absolute atomic E-state index is 14.7. The van der Waals surface area contributed by atoms with E-state index >= 15 is 0 Å². The molecule has 3 aromatic carbocycles. The number of anilines is 2. The lowest BCUT2D eigenvalue weighted by molar-refractivity contribution is -0.384. The first-order valence-corrected chi connectivity index (χ1v) is 17.9. The van der Waals surface area contributed by atoms with E-state index in [1.54, 1.807) is 48.5 Å². The lowest BCUT2D eigenvalue weighted by Crippen LogP contribution is -2.37. The number of rotatable bonds is 8. The smallest absolute Gasteiger partial charge is 0.343 e. The van der Waals surface area contributed by atoms with Crippen molar-refractivity contribution in [3.63, 3.8) is 0 Å². The van der Waals surface area contributed by atoms with Gasteiger partial charge in [0.1, 0.15) is 10.9 Å². The zero-order chi connectivity index (χ0) is 37.8. The first kappa shape index (κ1) is 35.8. The highest BCUT2D eigenvalue weighted by Crippen LogP contribution is 2.52. The summed E-state index contributed by atoms with van der Waals surface area (Å²) >= 11 is 1.25. The molecule has 1 aromatic heterocycles. The lowest BCUT2D eigenvalue weighted by Gasteiger charge is -2.33. The second-order valence-corrected chi connectivity index (χ2v) is 15.3. The van der Waals surface area contributed by atoms with Gasteiger partial charge in [-0.25, -0.2) is 19.6 Å². The number of fused-ring (bicyclic) bond motifs is 2. The molecule has 0 bridgehead atoms. The number of nitro groups is 1. The molecule has 2 amide bonds. The number of hydrogen-bond acceptors (Lipinski definition) is 12. The Kier molecular flexibility index (Phi) is 9.28. The number of nitro benzene ring substituents is 1. The molecule has 3 aliphatic rings. The van der Waals surface area contributed by atoms with Gasteiger partial charge in [0.2, 0.25) is 5.91 Å². The highest BCUT2D eigenvalue weighted by molar-refractivity contribution is 7.17. The zero-order valence-corrected chi connectivity index (χ0v) is 30.5. The molecule has 0 radical (unpaired) electrons. The molecule has 2 aliphatic heterocycles. The van der Waals surface area contributed by atoms with Crippen LogP contribution in [-0.2, 0) is 32.0 Å². The van der Waals surface area contributed by atoms with Crippen LogP contribution in [0.3, 0.4) is 0 Å². The summed E-state index contributed by atoms with van der Waals surface area (Å²) in [6.45, 7) is 6.52. The summed E-state index contributed by atoms with van der Waals surface area (Å²) in [7, 11) is 2.66. The van der Waals surface area contributed by atoms with Gasteiger partial charge in [0.15, 0.2) is 17.6 Å². The number of carbonyl (C=O) groups is 4. The maximum atomic E-state index is 14.7. The van der Waals surface area contributed by atoms with Crippen LogP contribution in [0.4, 0.5) is 16.4 Å². The Bertz CT molecular complexity index is 2140. The van der Waals surface area contributed by atoms with Crippen LogP contribution in [0.1, 0.15) is 70.0 Å². The van der Waals surface area contributed by atoms with E-state index in [0.29, 0.717) is 29.9 Å². The van der Waals surface area contributed by atoms with Gasteiger partial charge in [-0.3, -0.25) is 24.5 Å². The summed E-state index contributed by atoms with van der Waals surface area (Å²) in [5.74, 6) is -3.06. The van der Waals surface area contributed by atoms with Gasteiger partial charge < -0.3 is 14.2 Å². The van der Waals surface area contributed by atoms with Crippen LogP contribution in [0.25, 0.3) is 0 Å². The van der Waals surface area contributed by atoms with Crippen LogP contribution in [-0.4, -0.2) is 49.0 Å². The van der Waals surface area contributed by atoms with Crippen molar-refractivity contribution in [2.24, 2.45) is 17.3 Å². The fourth-order valence-corrected chi connectivity index (χ4v) is 8.81. The van der Waals surface area contributed by atoms with Crippen molar-refractivity contribution < 1.29 is 43.1 Å². The van der Waals surface area contributed by atoms with Crippen molar-refractivity contribution in [2.75, 3.05) is 24.2 Å². The molecule has 4 atom stereocenters. The number of thiophene rings is 1. The van der Waals surface area contributed by atoms with Gasteiger partial charge >= 0.3 is 11.9 Å². The molecule has 14 heteroatoms. The molecular formula is C39H37N3O10S. The third-order valence-electron chi connectivity index (χ3n) is 10.2. The molecule has 7 rings (SSSR count). The number of imide groups is 1. The summed E-state index contributed by atoms with van der Waals surface area (Å²) in [5.41, 5.74) is 1.79. The number of non-ortho nitro benzene ring substituents is 1. The summed E-state index contributed by atoms with van der Waals surface area (Å²) in [6, 6.07) is 17.8. The molecule has 0 N–H and O–H groups in total. The van der Waals surface area contributed by atoms with Gasteiger partial charge in [0.05, 0.1) is 42.0 Å². The Hall–Kier alpha value is -5.60. The number of esters is 2. The molecular weight excluding hydrogens is 703 g/mol. The van der Waals surface area contributed by atoms with Gasteiger partial charge in [-0.15, -0.1) is 11.3 Å². The average molecular weight is 740 g/mol. The number of amides is 2. The van der Waals surface area contributed by atoms with E-state index in [-0.39, 0.29) is 38.9 Å². The molecule has 2 fully saturated rings. The zero-order valence-electron chi connectivity index (χ0n) is 29.7. The summed E-state index contributed by atoms with van der Waals surface area (Å²) in [6.07, 6.45) is 0.797. The molecule has 0 spiro atoms. The van der Waals surface area contributed by atoms with Crippen molar-refractivity contribution in [3.05, 3.63) is 110 Å². The minimum atomic E-state index is -1.33. The van der Waals surface area contributed by atoms with Crippen LogP contribution in [0, 0.1) is 27.4 Å². The van der Waals surface area contributed by atoms with Gasteiger partial charge in [0, 0.05) is 17.0 Å². The minimum Gasteiger partial charge on any atom is -0.493 e. The minimum absolute atomic E-state index is 0.0110. The van der Waals surface area contributed by atoms with Crippen molar-refractivity contribution in [1.29, 1.82) is 0 Å². The topological polar surface area (TPSA) is 155 Å². The van der Waals surface area contributed by atoms with Crippen LogP contribution in [0.15, 0.2) is 72.8 Å². The molecule has 2 saturated heterocycles. The number of benzene rings is 3. The second kappa shape index (κ2) is 13.7. The fraction of sp³-hybridized carbons (Fsp3) is 0.333. The van der Waals surface area contributed by atoms with Crippen LogP contribution in [0.2, 0.25) is 0 Å². The van der Waals surface area contributed by atoms with E-state index in [4.69, 9.17) is 19.0 Å². The largest absolute Gasteiger partial charge is 0.493 e. The highest BCUT2D eigenvalue weighted by atomic mass is 32.1. The van der Waals surface area contributed by atoms with Crippen LogP contribution in [0.5, 0.6) is 11.5 Å². The second-order valence-electron chi connectivity index (χ2n) is 14.3. The Morgan fingerprint density at radius 1 is 0.943 bits per heavy atom. The van der Waals surface area contributed by atoms with Gasteiger partial charge in [-0.2, -0.15) is 0 Å². The summed E-state index contributed by atoms with van der Waals surface area (Å²) in [5, 5.41) is 13.3. The van der Waals surface area contributed by atoms with Crippen LogP contribution < -0.4 is 19.4 Å². The quantitative estimate of drug-likeness (QED) is 0.0611.